The number of carbonyl (C=O) groups is 1. The summed E-state index contributed by atoms with van der Waals surface area (Å²) < 4.78 is 24.0. The molecular formula is C10H10F2O. The van der Waals surface area contributed by atoms with Crippen LogP contribution in [0, 0.1) is 13.8 Å². The molecule has 0 spiro atoms. The van der Waals surface area contributed by atoms with E-state index in [9.17, 15) is 13.6 Å². The number of benzene rings is 1. The Balaban J connectivity index is 3.04. The molecule has 1 rings (SSSR count). The van der Waals surface area contributed by atoms with Gasteiger partial charge in [0.05, 0.1) is 0 Å². The highest BCUT2D eigenvalue weighted by Crippen LogP contribution is 2.13. The molecule has 0 heterocycles. The molecule has 0 aliphatic heterocycles. The number of alkyl halides is 2. The highest BCUT2D eigenvalue weighted by molar-refractivity contribution is 5.98. The minimum Gasteiger partial charge on any atom is -0.288 e. The van der Waals surface area contributed by atoms with Gasteiger partial charge in [0.1, 0.15) is 0 Å². The molecular weight excluding hydrogens is 174 g/mol. The Morgan fingerprint density at radius 1 is 1.23 bits per heavy atom. The maximum atomic E-state index is 12.0. The van der Waals surface area contributed by atoms with Crippen LogP contribution in [0.2, 0.25) is 0 Å². The van der Waals surface area contributed by atoms with Gasteiger partial charge in [-0.1, -0.05) is 12.1 Å². The predicted octanol–water partition coefficient (Wildman–Crippen LogP) is 2.75. The molecule has 0 bridgehead atoms. The smallest absolute Gasteiger partial charge is 0.288 e. The fourth-order valence-electron chi connectivity index (χ4n) is 1.02. The van der Waals surface area contributed by atoms with Crippen LogP contribution >= 0.6 is 0 Å². The van der Waals surface area contributed by atoms with Crippen molar-refractivity contribution < 1.29 is 13.6 Å². The van der Waals surface area contributed by atoms with Gasteiger partial charge in [-0.05, 0) is 31.0 Å². The van der Waals surface area contributed by atoms with Gasteiger partial charge >= 0.3 is 6.43 Å². The summed E-state index contributed by atoms with van der Waals surface area (Å²) in [5, 5.41) is 0. The van der Waals surface area contributed by atoms with Gasteiger partial charge in [-0.25, -0.2) is 8.78 Å². The Labute approximate surface area is 75.4 Å². The van der Waals surface area contributed by atoms with Gasteiger partial charge in [0.25, 0.3) is 0 Å². The van der Waals surface area contributed by atoms with Crippen molar-refractivity contribution in [2.45, 2.75) is 20.3 Å². The number of ketones is 1. The lowest BCUT2D eigenvalue weighted by atomic mass is 10.0. The van der Waals surface area contributed by atoms with E-state index >= 15 is 0 Å². The molecule has 0 atom stereocenters. The summed E-state index contributed by atoms with van der Waals surface area (Å²) in [5.41, 5.74) is 1.93. The van der Waals surface area contributed by atoms with Crippen LogP contribution in [0.15, 0.2) is 18.2 Å². The molecule has 0 aromatic heterocycles. The standard InChI is InChI=1S/C10H10F2O/c1-6-3-4-8(5-7(6)2)9(13)10(11)12/h3-5,10H,1-2H3. The van der Waals surface area contributed by atoms with Crippen LogP contribution in [-0.4, -0.2) is 12.2 Å². The molecule has 0 aliphatic carbocycles. The van der Waals surface area contributed by atoms with Crippen LogP contribution in [0.25, 0.3) is 0 Å². The molecule has 1 aromatic carbocycles. The van der Waals surface area contributed by atoms with E-state index in [0.717, 1.165) is 11.1 Å². The molecule has 0 saturated heterocycles. The first kappa shape index (κ1) is 9.84. The van der Waals surface area contributed by atoms with Crippen LogP contribution in [0.3, 0.4) is 0 Å². The van der Waals surface area contributed by atoms with Crippen LogP contribution in [0.5, 0.6) is 0 Å². The van der Waals surface area contributed by atoms with Gasteiger partial charge in [-0.15, -0.1) is 0 Å². The lowest BCUT2D eigenvalue weighted by molar-refractivity contribution is 0.0678. The maximum Gasteiger partial charge on any atom is 0.300 e. The number of hydrogen-bond acceptors (Lipinski definition) is 1. The molecule has 0 unspecified atom stereocenters. The average Bonchev–Trinajstić information content (AvgIpc) is 2.08. The number of hydrogen-bond donors (Lipinski definition) is 0. The molecule has 1 aromatic rings. The Hall–Kier alpha value is -1.25. The van der Waals surface area contributed by atoms with E-state index in [2.05, 4.69) is 0 Å². The lowest BCUT2D eigenvalue weighted by Gasteiger charge is -2.03. The Bertz CT molecular complexity index is 332. The Morgan fingerprint density at radius 2 is 1.85 bits per heavy atom. The van der Waals surface area contributed by atoms with Gasteiger partial charge in [0.2, 0.25) is 5.78 Å². The van der Waals surface area contributed by atoms with Crippen molar-refractivity contribution in [1.82, 2.24) is 0 Å². The van der Waals surface area contributed by atoms with Crippen LogP contribution in [0.1, 0.15) is 21.5 Å². The van der Waals surface area contributed by atoms with Crippen LogP contribution in [0.4, 0.5) is 8.78 Å². The molecule has 3 heteroatoms. The number of Topliss-reactive ketones (excluding diaryl/α,β-unsaturated/α-hetero) is 1. The first-order valence-electron chi connectivity index (χ1n) is 3.92. The van der Waals surface area contributed by atoms with Crippen molar-refractivity contribution in [3.63, 3.8) is 0 Å². The van der Waals surface area contributed by atoms with Gasteiger partial charge in [-0.2, -0.15) is 0 Å². The molecule has 13 heavy (non-hydrogen) atoms. The summed E-state index contributed by atoms with van der Waals surface area (Å²) >= 11 is 0. The molecule has 0 radical (unpaired) electrons. The van der Waals surface area contributed by atoms with Crippen molar-refractivity contribution in [2.24, 2.45) is 0 Å². The van der Waals surface area contributed by atoms with Crippen LogP contribution < -0.4 is 0 Å². The summed E-state index contributed by atoms with van der Waals surface area (Å²) in [5.74, 6) is -1.11. The van der Waals surface area contributed by atoms with Crippen molar-refractivity contribution in [1.29, 1.82) is 0 Å². The number of aryl methyl sites for hydroxylation is 2. The molecule has 0 amide bonds. The highest BCUT2D eigenvalue weighted by Gasteiger charge is 2.17. The largest absolute Gasteiger partial charge is 0.300 e. The zero-order valence-corrected chi connectivity index (χ0v) is 7.47. The normalized spacial score (nSPS) is 10.5. The van der Waals surface area contributed by atoms with E-state index in [1.54, 1.807) is 13.0 Å². The molecule has 0 aliphatic rings. The van der Waals surface area contributed by atoms with E-state index in [-0.39, 0.29) is 5.56 Å². The fourth-order valence-corrected chi connectivity index (χ4v) is 1.02. The second-order valence-electron chi connectivity index (χ2n) is 2.96. The summed E-state index contributed by atoms with van der Waals surface area (Å²) in [6, 6.07) is 4.59. The number of halogens is 2. The molecule has 0 fully saturated rings. The Kier molecular flexibility index (Phi) is 2.76. The van der Waals surface area contributed by atoms with E-state index in [4.69, 9.17) is 0 Å². The van der Waals surface area contributed by atoms with E-state index in [1.165, 1.54) is 12.1 Å². The predicted molar refractivity (Wildman–Crippen MR) is 46.3 cm³/mol. The molecule has 70 valence electrons. The van der Waals surface area contributed by atoms with Crippen molar-refractivity contribution in [2.75, 3.05) is 0 Å². The SMILES string of the molecule is Cc1ccc(C(=O)C(F)F)cc1C. The third-order valence-corrected chi connectivity index (χ3v) is 1.99. The average molecular weight is 184 g/mol. The van der Waals surface area contributed by atoms with Gasteiger partial charge in [0.15, 0.2) is 0 Å². The van der Waals surface area contributed by atoms with Crippen molar-refractivity contribution in [3.8, 4) is 0 Å². The first-order chi connectivity index (χ1) is 6.02. The number of carbonyl (C=O) groups excluding carboxylic acids is 1. The topological polar surface area (TPSA) is 17.1 Å². The fraction of sp³-hybridized carbons (Fsp3) is 0.300. The summed E-state index contributed by atoms with van der Waals surface area (Å²) in [6.07, 6.45) is -2.91. The van der Waals surface area contributed by atoms with Crippen LogP contribution in [-0.2, 0) is 0 Å². The third kappa shape index (κ3) is 2.11. The van der Waals surface area contributed by atoms with E-state index in [1.807, 2.05) is 6.92 Å². The quantitative estimate of drug-likeness (QED) is 0.646. The van der Waals surface area contributed by atoms with Crippen molar-refractivity contribution >= 4 is 5.78 Å². The Morgan fingerprint density at radius 3 is 2.31 bits per heavy atom. The van der Waals surface area contributed by atoms with E-state index < -0.39 is 12.2 Å². The molecule has 1 nitrogen and oxygen atoms in total. The van der Waals surface area contributed by atoms with E-state index in [0.29, 0.717) is 0 Å². The zero-order chi connectivity index (χ0) is 10.0. The second-order valence-corrected chi connectivity index (χ2v) is 2.96. The maximum absolute atomic E-state index is 12.0. The highest BCUT2D eigenvalue weighted by atomic mass is 19.3. The summed E-state index contributed by atoms with van der Waals surface area (Å²) in [4.78, 5) is 10.9. The number of rotatable bonds is 2. The molecule has 0 saturated carbocycles. The third-order valence-electron chi connectivity index (χ3n) is 1.99. The first-order valence-corrected chi connectivity index (χ1v) is 3.92. The monoisotopic (exact) mass is 184 g/mol. The minimum absolute atomic E-state index is 0.0816. The zero-order valence-electron chi connectivity index (χ0n) is 7.47. The second kappa shape index (κ2) is 3.64. The summed E-state index contributed by atoms with van der Waals surface area (Å²) in [6.45, 7) is 3.66. The summed E-state index contributed by atoms with van der Waals surface area (Å²) in [7, 11) is 0. The van der Waals surface area contributed by atoms with Crippen molar-refractivity contribution in [3.05, 3.63) is 34.9 Å². The minimum atomic E-state index is -2.91. The molecule has 0 N–H and O–H groups in total. The lowest BCUT2D eigenvalue weighted by Crippen LogP contribution is -2.10. The van der Waals surface area contributed by atoms with Gasteiger partial charge < -0.3 is 0 Å². The van der Waals surface area contributed by atoms with Gasteiger partial charge in [-0.3, -0.25) is 4.79 Å². The van der Waals surface area contributed by atoms with Gasteiger partial charge in [0, 0.05) is 5.56 Å².